The van der Waals surface area contributed by atoms with Gasteiger partial charge in [-0.1, -0.05) is 68.7 Å². The van der Waals surface area contributed by atoms with Gasteiger partial charge in [-0.15, -0.1) is 0 Å². The van der Waals surface area contributed by atoms with Gasteiger partial charge in [0.25, 0.3) is 0 Å². The Bertz CT molecular complexity index is 462. The molecule has 20 heavy (non-hydrogen) atoms. The van der Waals surface area contributed by atoms with Crippen LogP contribution >= 0.6 is 0 Å². The minimum atomic E-state index is -1.12. The number of ether oxygens (including phenoxy) is 1. The van der Waals surface area contributed by atoms with Crippen LogP contribution in [0.15, 0.2) is 48.6 Å². The summed E-state index contributed by atoms with van der Waals surface area (Å²) in [4.78, 5) is 0. The Balaban J connectivity index is 1.83. The van der Waals surface area contributed by atoms with E-state index in [2.05, 4.69) is 19.1 Å². The zero-order chi connectivity index (χ0) is 14.3. The van der Waals surface area contributed by atoms with Crippen LogP contribution in [0.25, 0.3) is 5.57 Å². The molecular weight excluding hydrogens is 248 g/mol. The summed E-state index contributed by atoms with van der Waals surface area (Å²) in [6, 6.07) is 10.2. The molecule has 0 aliphatic heterocycles. The minimum absolute atomic E-state index is 0.515. The van der Waals surface area contributed by atoms with Crippen LogP contribution in [0.1, 0.15) is 44.6 Å². The summed E-state index contributed by atoms with van der Waals surface area (Å²) in [6.45, 7) is 2.81. The predicted octanol–water partition coefficient (Wildman–Crippen LogP) is 4.32. The van der Waals surface area contributed by atoms with Crippen molar-refractivity contribution >= 4 is 5.57 Å². The lowest BCUT2D eigenvalue weighted by molar-refractivity contribution is -0.165. The van der Waals surface area contributed by atoms with Crippen LogP contribution in [0.2, 0.25) is 0 Å². The number of allylic oxidation sites excluding steroid dienone is 2. The molecule has 0 amide bonds. The highest BCUT2D eigenvalue weighted by Gasteiger charge is 2.25. The van der Waals surface area contributed by atoms with Crippen LogP contribution in [-0.2, 0) is 4.74 Å². The third-order valence-electron chi connectivity index (χ3n) is 3.59. The number of hydrogen-bond donors (Lipinski definition) is 1. The summed E-state index contributed by atoms with van der Waals surface area (Å²) in [5.41, 5.74) is 2.32. The molecule has 1 atom stereocenters. The fraction of sp³-hybridized carbons (Fsp3) is 0.444. The molecule has 2 rings (SSSR count). The largest absolute Gasteiger partial charge is 0.362 e. The summed E-state index contributed by atoms with van der Waals surface area (Å²) >= 11 is 0. The second kappa shape index (κ2) is 7.41. The zero-order valence-electron chi connectivity index (χ0n) is 12.2. The molecule has 0 fully saturated rings. The number of benzene rings is 1. The normalized spacial score (nSPS) is 21.8. The first-order valence-electron chi connectivity index (χ1n) is 7.55. The van der Waals surface area contributed by atoms with Gasteiger partial charge in [0, 0.05) is 6.42 Å². The molecule has 0 radical (unpaired) electrons. The molecule has 2 heteroatoms. The molecule has 1 aliphatic rings. The van der Waals surface area contributed by atoms with Crippen LogP contribution < -0.4 is 0 Å². The monoisotopic (exact) mass is 272 g/mol. The van der Waals surface area contributed by atoms with Crippen LogP contribution in [-0.4, -0.2) is 17.5 Å². The molecule has 1 aliphatic carbocycles. The second-order valence-corrected chi connectivity index (χ2v) is 5.32. The third-order valence-corrected chi connectivity index (χ3v) is 3.59. The summed E-state index contributed by atoms with van der Waals surface area (Å²) < 4.78 is 5.63. The van der Waals surface area contributed by atoms with Crippen molar-refractivity contribution in [1.82, 2.24) is 0 Å². The van der Waals surface area contributed by atoms with Crippen molar-refractivity contribution in [2.45, 2.75) is 44.8 Å². The van der Waals surface area contributed by atoms with E-state index in [-0.39, 0.29) is 0 Å². The first-order chi connectivity index (χ1) is 9.73. The molecule has 0 bridgehead atoms. The van der Waals surface area contributed by atoms with Crippen molar-refractivity contribution < 1.29 is 9.84 Å². The molecule has 1 aromatic rings. The lowest BCUT2D eigenvalue weighted by Gasteiger charge is -2.27. The Labute approximate surface area is 121 Å². The van der Waals surface area contributed by atoms with Gasteiger partial charge in [0.15, 0.2) is 5.79 Å². The third kappa shape index (κ3) is 4.32. The highest BCUT2D eigenvalue weighted by Crippen LogP contribution is 2.27. The Morgan fingerprint density at radius 3 is 2.60 bits per heavy atom. The minimum Gasteiger partial charge on any atom is -0.362 e. The molecule has 1 aromatic carbocycles. The van der Waals surface area contributed by atoms with E-state index in [0.717, 1.165) is 12.0 Å². The Morgan fingerprint density at radius 1 is 1.15 bits per heavy atom. The van der Waals surface area contributed by atoms with Crippen LogP contribution in [0.3, 0.4) is 0 Å². The Hall–Kier alpha value is -1.38. The zero-order valence-corrected chi connectivity index (χ0v) is 12.2. The van der Waals surface area contributed by atoms with E-state index < -0.39 is 5.79 Å². The van der Waals surface area contributed by atoms with Crippen LogP contribution in [0.4, 0.5) is 0 Å². The van der Waals surface area contributed by atoms with Crippen molar-refractivity contribution in [2.75, 3.05) is 6.61 Å². The molecule has 0 saturated carbocycles. The van der Waals surface area contributed by atoms with E-state index in [1.807, 2.05) is 30.4 Å². The Kier molecular flexibility index (Phi) is 5.57. The first-order valence-corrected chi connectivity index (χ1v) is 7.55. The lowest BCUT2D eigenvalue weighted by Crippen LogP contribution is -2.31. The lowest BCUT2D eigenvalue weighted by atomic mass is 9.96. The highest BCUT2D eigenvalue weighted by molar-refractivity contribution is 5.75. The maximum absolute atomic E-state index is 10.3. The first kappa shape index (κ1) is 15.0. The summed E-state index contributed by atoms with van der Waals surface area (Å²) in [5.74, 6) is -1.12. The summed E-state index contributed by atoms with van der Waals surface area (Å²) in [6.07, 6.45) is 10.9. The molecule has 0 heterocycles. The molecule has 108 valence electrons. The van der Waals surface area contributed by atoms with Gasteiger partial charge in [0.1, 0.15) is 0 Å². The van der Waals surface area contributed by atoms with E-state index in [1.54, 1.807) is 6.08 Å². The summed E-state index contributed by atoms with van der Waals surface area (Å²) in [7, 11) is 0. The van der Waals surface area contributed by atoms with E-state index in [0.29, 0.717) is 13.0 Å². The molecule has 0 aromatic heterocycles. The number of rotatable bonds is 7. The SMILES string of the molecule is CCCCCCOC1(O)C=CC(c2ccccc2)=CC1. The molecule has 2 nitrogen and oxygen atoms in total. The Morgan fingerprint density at radius 2 is 1.95 bits per heavy atom. The average Bonchev–Trinajstić information content (AvgIpc) is 2.49. The van der Waals surface area contributed by atoms with E-state index in [4.69, 9.17) is 4.74 Å². The average molecular weight is 272 g/mol. The van der Waals surface area contributed by atoms with Crippen molar-refractivity contribution in [3.05, 3.63) is 54.1 Å². The van der Waals surface area contributed by atoms with Gasteiger partial charge in [-0.05, 0) is 23.6 Å². The number of aliphatic hydroxyl groups is 1. The molecule has 0 saturated heterocycles. The highest BCUT2D eigenvalue weighted by atomic mass is 16.6. The van der Waals surface area contributed by atoms with Crippen LogP contribution in [0.5, 0.6) is 0 Å². The standard InChI is InChI=1S/C18H24O2/c1-2-3-4-8-15-20-18(19)13-11-17(12-14-18)16-9-6-5-7-10-16/h5-7,9-13,19H,2-4,8,14-15H2,1H3. The molecular formula is C18H24O2. The van der Waals surface area contributed by atoms with Crippen molar-refractivity contribution in [3.63, 3.8) is 0 Å². The van der Waals surface area contributed by atoms with E-state index in [1.165, 1.54) is 24.8 Å². The van der Waals surface area contributed by atoms with Crippen molar-refractivity contribution in [1.29, 1.82) is 0 Å². The van der Waals surface area contributed by atoms with Crippen molar-refractivity contribution in [3.8, 4) is 0 Å². The van der Waals surface area contributed by atoms with Gasteiger partial charge < -0.3 is 9.84 Å². The maximum Gasteiger partial charge on any atom is 0.189 e. The fourth-order valence-corrected chi connectivity index (χ4v) is 2.34. The van der Waals surface area contributed by atoms with Gasteiger partial charge in [0.2, 0.25) is 0 Å². The fourth-order valence-electron chi connectivity index (χ4n) is 2.34. The van der Waals surface area contributed by atoms with E-state index >= 15 is 0 Å². The van der Waals surface area contributed by atoms with Gasteiger partial charge in [-0.3, -0.25) is 0 Å². The molecule has 1 unspecified atom stereocenters. The van der Waals surface area contributed by atoms with Gasteiger partial charge >= 0.3 is 0 Å². The van der Waals surface area contributed by atoms with E-state index in [9.17, 15) is 5.11 Å². The van der Waals surface area contributed by atoms with Crippen LogP contribution in [0, 0.1) is 0 Å². The summed E-state index contributed by atoms with van der Waals surface area (Å²) in [5, 5.41) is 10.3. The quantitative estimate of drug-likeness (QED) is 0.592. The molecule has 0 spiro atoms. The second-order valence-electron chi connectivity index (χ2n) is 5.32. The topological polar surface area (TPSA) is 29.5 Å². The maximum atomic E-state index is 10.3. The molecule has 1 N–H and O–H groups in total. The van der Waals surface area contributed by atoms with Gasteiger partial charge in [0.05, 0.1) is 6.61 Å². The number of unbranched alkanes of at least 4 members (excludes halogenated alkanes) is 3. The predicted molar refractivity (Wildman–Crippen MR) is 83.2 cm³/mol. The van der Waals surface area contributed by atoms with Gasteiger partial charge in [-0.2, -0.15) is 0 Å². The van der Waals surface area contributed by atoms with Gasteiger partial charge in [-0.25, -0.2) is 0 Å². The van der Waals surface area contributed by atoms with Crippen molar-refractivity contribution in [2.24, 2.45) is 0 Å². The smallest absolute Gasteiger partial charge is 0.189 e. The number of hydrogen-bond acceptors (Lipinski definition) is 2.